The summed E-state index contributed by atoms with van der Waals surface area (Å²) in [6, 6.07) is 4.60. The summed E-state index contributed by atoms with van der Waals surface area (Å²) in [6.45, 7) is 1.97. The Labute approximate surface area is 127 Å². The molecule has 1 aromatic carbocycles. The van der Waals surface area contributed by atoms with Gasteiger partial charge in [0.15, 0.2) is 10.9 Å². The fourth-order valence-electron chi connectivity index (χ4n) is 1.62. The Morgan fingerprint density at radius 3 is 2.85 bits per heavy atom. The molecule has 20 heavy (non-hydrogen) atoms. The van der Waals surface area contributed by atoms with Crippen molar-refractivity contribution in [3.05, 3.63) is 22.7 Å². The number of thioether (sulfide) groups is 1. The van der Waals surface area contributed by atoms with Gasteiger partial charge in [0.25, 0.3) is 0 Å². The van der Waals surface area contributed by atoms with Crippen LogP contribution in [0.1, 0.15) is 13.3 Å². The summed E-state index contributed by atoms with van der Waals surface area (Å²) in [5.41, 5.74) is 0.242. The standard InChI is InChI=1S/C12H12BrF3N2OS/c1-7-4-5-20-11(17-7)18-9-3-2-8(13)6-10(9)19-12(14,15)16/h2-3,6-7H,4-5H2,1H3,(H,17,18). The highest BCUT2D eigenvalue weighted by molar-refractivity contribution is 9.10. The van der Waals surface area contributed by atoms with E-state index in [0.717, 1.165) is 12.2 Å². The van der Waals surface area contributed by atoms with Crippen LogP contribution in [0.15, 0.2) is 27.7 Å². The molecule has 1 unspecified atom stereocenters. The molecule has 0 aliphatic carbocycles. The molecule has 0 radical (unpaired) electrons. The largest absolute Gasteiger partial charge is 0.573 e. The van der Waals surface area contributed by atoms with Crippen LogP contribution in [0.4, 0.5) is 18.9 Å². The number of nitrogens with one attached hydrogen (secondary N) is 1. The predicted molar refractivity (Wildman–Crippen MR) is 78.4 cm³/mol. The molecule has 1 heterocycles. The zero-order valence-electron chi connectivity index (χ0n) is 10.5. The molecule has 0 amide bonds. The second kappa shape index (κ2) is 6.26. The van der Waals surface area contributed by atoms with Gasteiger partial charge in [-0.15, -0.1) is 13.2 Å². The molecule has 1 atom stereocenters. The third-order valence-electron chi connectivity index (χ3n) is 2.52. The van der Waals surface area contributed by atoms with E-state index in [1.807, 2.05) is 6.92 Å². The summed E-state index contributed by atoms with van der Waals surface area (Å²) in [5, 5.41) is 3.51. The minimum Gasteiger partial charge on any atom is -0.404 e. The number of hydrogen-bond acceptors (Lipinski definition) is 4. The number of aliphatic imine (C=N–C) groups is 1. The van der Waals surface area contributed by atoms with Crippen LogP contribution in [-0.4, -0.2) is 23.3 Å². The summed E-state index contributed by atoms with van der Waals surface area (Å²) in [5.74, 6) is 0.604. The van der Waals surface area contributed by atoms with Crippen molar-refractivity contribution < 1.29 is 17.9 Å². The van der Waals surface area contributed by atoms with Crippen LogP contribution in [0.3, 0.4) is 0 Å². The van der Waals surface area contributed by atoms with Gasteiger partial charge < -0.3 is 10.1 Å². The molecule has 1 N–H and O–H groups in total. The van der Waals surface area contributed by atoms with Crippen molar-refractivity contribution in [3.63, 3.8) is 0 Å². The van der Waals surface area contributed by atoms with Gasteiger partial charge in [-0.25, -0.2) is 0 Å². The zero-order valence-corrected chi connectivity index (χ0v) is 12.9. The van der Waals surface area contributed by atoms with Crippen molar-refractivity contribution in [2.24, 2.45) is 4.99 Å². The van der Waals surface area contributed by atoms with Crippen molar-refractivity contribution in [2.45, 2.75) is 25.7 Å². The monoisotopic (exact) mass is 368 g/mol. The fraction of sp³-hybridized carbons (Fsp3) is 0.417. The van der Waals surface area contributed by atoms with Gasteiger partial charge in [-0.2, -0.15) is 0 Å². The first kappa shape index (κ1) is 15.5. The fourth-order valence-corrected chi connectivity index (χ4v) is 3.05. The van der Waals surface area contributed by atoms with E-state index in [2.05, 4.69) is 31.0 Å². The van der Waals surface area contributed by atoms with Crippen LogP contribution in [-0.2, 0) is 0 Å². The lowest BCUT2D eigenvalue weighted by Crippen LogP contribution is -2.21. The Kier molecular flexibility index (Phi) is 4.85. The van der Waals surface area contributed by atoms with Crippen LogP contribution in [0.5, 0.6) is 5.75 Å². The Balaban J connectivity index is 2.22. The van der Waals surface area contributed by atoms with Gasteiger partial charge in [-0.1, -0.05) is 27.7 Å². The summed E-state index contributed by atoms with van der Waals surface area (Å²) in [4.78, 5) is 4.36. The van der Waals surface area contributed by atoms with Crippen molar-refractivity contribution in [3.8, 4) is 5.75 Å². The Morgan fingerprint density at radius 1 is 1.45 bits per heavy atom. The molecule has 0 saturated carbocycles. The third kappa shape index (κ3) is 4.59. The lowest BCUT2D eigenvalue weighted by molar-refractivity contribution is -0.274. The summed E-state index contributed by atoms with van der Waals surface area (Å²) >= 11 is 4.61. The molecule has 2 rings (SSSR count). The van der Waals surface area contributed by atoms with Gasteiger partial charge in [-0.3, -0.25) is 4.99 Å². The van der Waals surface area contributed by atoms with Gasteiger partial charge in [0, 0.05) is 10.2 Å². The lowest BCUT2D eigenvalue weighted by atomic mass is 10.3. The van der Waals surface area contributed by atoms with Crippen LogP contribution in [0.25, 0.3) is 0 Å². The number of halogens is 4. The highest BCUT2D eigenvalue weighted by Crippen LogP contribution is 2.34. The zero-order chi connectivity index (χ0) is 14.8. The number of nitrogens with zero attached hydrogens (tertiary/aromatic N) is 1. The van der Waals surface area contributed by atoms with Crippen LogP contribution in [0.2, 0.25) is 0 Å². The molecule has 3 nitrogen and oxygen atoms in total. The smallest absolute Gasteiger partial charge is 0.404 e. The maximum absolute atomic E-state index is 12.4. The molecule has 8 heteroatoms. The highest BCUT2D eigenvalue weighted by atomic mass is 79.9. The number of rotatable bonds is 2. The predicted octanol–water partition coefficient (Wildman–Crippen LogP) is 4.64. The summed E-state index contributed by atoms with van der Waals surface area (Å²) < 4.78 is 41.7. The van der Waals surface area contributed by atoms with Gasteiger partial charge in [0.05, 0.1) is 11.7 Å². The van der Waals surface area contributed by atoms with E-state index in [1.165, 1.54) is 23.9 Å². The Bertz CT molecular complexity index is 522. The van der Waals surface area contributed by atoms with Crippen molar-refractivity contribution in [2.75, 3.05) is 11.1 Å². The maximum Gasteiger partial charge on any atom is 0.573 e. The van der Waals surface area contributed by atoms with Gasteiger partial charge in [0.1, 0.15) is 0 Å². The minimum atomic E-state index is -4.73. The van der Waals surface area contributed by atoms with Gasteiger partial charge in [-0.05, 0) is 31.5 Å². The van der Waals surface area contributed by atoms with E-state index in [0.29, 0.717) is 9.64 Å². The third-order valence-corrected chi connectivity index (χ3v) is 3.94. The minimum absolute atomic E-state index is 0.168. The van der Waals surface area contributed by atoms with E-state index in [4.69, 9.17) is 0 Å². The van der Waals surface area contributed by atoms with E-state index >= 15 is 0 Å². The number of hydrogen-bond donors (Lipinski definition) is 1. The number of alkyl halides is 3. The first-order valence-electron chi connectivity index (χ1n) is 5.86. The SMILES string of the molecule is CC1CCSC(Nc2ccc(Br)cc2OC(F)(F)F)=N1. The van der Waals surface area contributed by atoms with E-state index in [9.17, 15) is 13.2 Å². The van der Waals surface area contributed by atoms with Crippen LogP contribution in [0, 0.1) is 0 Å². The molecule has 110 valence electrons. The molecule has 0 spiro atoms. The van der Waals surface area contributed by atoms with Crippen molar-refractivity contribution >= 4 is 38.5 Å². The molecule has 0 fully saturated rings. The van der Waals surface area contributed by atoms with Crippen LogP contribution < -0.4 is 10.1 Å². The number of ether oxygens (including phenoxy) is 1. The molecule has 1 aliphatic heterocycles. The van der Waals surface area contributed by atoms with Gasteiger partial charge in [0.2, 0.25) is 0 Å². The molecule has 1 aromatic rings. The average Bonchev–Trinajstić information content (AvgIpc) is 2.31. The van der Waals surface area contributed by atoms with E-state index < -0.39 is 6.36 Å². The Morgan fingerprint density at radius 2 is 2.20 bits per heavy atom. The number of amidine groups is 1. The summed E-state index contributed by atoms with van der Waals surface area (Å²) in [6.07, 6.45) is -3.77. The topological polar surface area (TPSA) is 33.6 Å². The van der Waals surface area contributed by atoms with Gasteiger partial charge >= 0.3 is 6.36 Å². The highest BCUT2D eigenvalue weighted by Gasteiger charge is 2.32. The first-order chi connectivity index (χ1) is 9.33. The molecule has 0 bridgehead atoms. The lowest BCUT2D eigenvalue weighted by Gasteiger charge is -2.19. The average molecular weight is 369 g/mol. The number of anilines is 1. The number of benzene rings is 1. The normalized spacial score (nSPS) is 19.4. The quantitative estimate of drug-likeness (QED) is 0.825. The molecule has 0 saturated heterocycles. The van der Waals surface area contributed by atoms with E-state index in [-0.39, 0.29) is 17.5 Å². The molecular weight excluding hydrogens is 357 g/mol. The first-order valence-corrected chi connectivity index (χ1v) is 7.64. The van der Waals surface area contributed by atoms with Crippen molar-refractivity contribution in [1.29, 1.82) is 0 Å². The van der Waals surface area contributed by atoms with Crippen molar-refractivity contribution in [1.82, 2.24) is 0 Å². The van der Waals surface area contributed by atoms with E-state index in [1.54, 1.807) is 6.07 Å². The molecule has 1 aliphatic rings. The van der Waals surface area contributed by atoms with Crippen LogP contribution >= 0.6 is 27.7 Å². The molecule has 0 aromatic heterocycles. The molecular formula is C12H12BrF3N2OS. The Hall–Kier alpha value is -0.890. The second-order valence-corrected chi connectivity index (χ2v) is 6.23. The maximum atomic E-state index is 12.4. The second-order valence-electron chi connectivity index (χ2n) is 4.23. The summed E-state index contributed by atoms with van der Waals surface area (Å²) in [7, 11) is 0.